The van der Waals surface area contributed by atoms with Gasteiger partial charge in [0.1, 0.15) is 11.6 Å². The molecular formula is C12H18N4O5S3. The Bertz CT molecular complexity index is 696. The Kier molecular flexibility index (Phi) is 7.93. The minimum absolute atomic E-state index is 0.0357. The number of hydrogen-bond donors (Lipinski definition) is 2. The summed E-state index contributed by atoms with van der Waals surface area (Å²) in [5, 5.41) is 7.77. The number of thiocarbonyl (C=S) groups is 1. The van der Waals surface area contributed by atoms with E-state index in [1.165, 1.54) is 30.3 Å². The van der Waals surface area contributed by atoms with Gasteiger partial charge < -0.3 is 0 Å². The average Bonchev–Trinajstić information content (AvgIpc) is 2.75. The Morgan fingerprint density at radius 1 is 1.21 bits per heavy atom. The molecular weight excluding hydrogens is 376 g/mol. The van der Waals surface area contributed by atoms with Crippen LogP contribution in [0.3, 0.4) is 0 Å². The number of carbonyl (C=O) groups is 2. The van der Waals surface area contributed by atoms with E-state index < -0.39 is 10.1 Å². The average molecular weight is 395 g/mol. The molecule has 134 valence electrons. The number of carbonyl (C=O) groups excluding carboxylic acids is 2. The van der Waals surface area contributed by atoms with Gasteiger partial charge in [-0.25, -0.2) is 4.68 Å². The maximum Gasteiger partial charge on any atom is 0.264 e. The summed E-state index contributed by atoms with van der Waals surface area (Å²) in [6.07, 6.45) is 0.302. The highest BCUT2D eigenvalue weighted by molar-refractivity contribution is 8.23. The standard InChI is InChI=1S/C12H18N4O5S3/c1-8(17)6-10-13-14-11(7-9(2)18)16(10)15-12(22)23-4-3-5-24(19,20)21/h3-7H2,1-2H3,(H,15,22)(H,19,20,21). The molecule has 0 amide bonds. The summed E-state index contributed by atoms with van der Waals surface area (Å²) >= 11 is 6.32. The second-order valence-electron chi connectivity index (χ2n) is 5.01. The molecule has 0 spiro atoms. The minimum atomic E-state index is -3.99. The van der Waals surface area contributed by atoms with Gasteiger partial charge in [0.05, 0.1) is 18.6 Å². The van der Waals surface area contributed by atoms with Crippen molar-refractivity contribution in [2.75, 3.05) is 16.9 Å². The number of rotatable bonds is 9. The molecule has 1 heterocycles. The Hall–Kier alpha value is -1.37. The fraction of sp³-hybridized carbons (Fsp3) is 0.583. The highest BCUT2D eigenvalue weighted by Crippen LogP contribution is 2.09. The molecule has 0 unspecified atom stereocenters. The van der Waals surface area contributed by atoms with Crippen LogP contribution in [0, 0.1) is 0 Å². The highest BCUT2D eigenvalue weighted by Gasteiger charge is 2.16. The molecule has 0 saturated heterocycles. The largest absolute Gasteiger partial charge is 0.300 e. The van der Waals surface area contributed by atoms with E-state index in [0.29, 0.717) is 21.7 Å². The zero-order valence-corrected chi connectivity index (χ0v) is 15.6. The first-order valence-corrected chi connectivity index (χ1v) is 9.90. The van der Waals surface area contributed by atoms with Crippen LogP contribution in [0.5, 0.6) is 0 Å². The summed E-state index contributed by atoms with van der Waals surface area (Å²) in [5.41, 5.74) is 2.84. The van der Waals surface area contributed by atoms with Crippen LogP contribution in [-0.2, 0) is 32.5 Å². The Labute approximate surface area is 149 Å². The molecule has 0 saturated carbocycles. The summed E-state index contributed by atoms with van der Waals surface area (Å²) < 4.78 is 31.7. The van der Waals surface area contributed by atoms with E-state index in [-0.39, 0.29) is 36.6 Å². The number of aromatic nitrogens is 3. The van der Waals surface area contributed by atoms with Gasteiger partial charge in [-0.2, -0.15) is 8.42 Å². The van der Waals surface area contributed by atoms with Gasteiger partial charge in [-0.15, -0.1) is 10.2 Å². The molecule has 12 heteroatoms. The van der Waals surface area contributed by atoms with Gasteiger partial charge in [-0.3, -0.25) is 19.6 Å². The van der Waals surface area contributed by atoms with E-state index in [2.05, 4.69) is 15.6 Å². The first kappa shape index (κ1) is 20.7. The Morgan fingerprint density at radius 2 is 1.71 bits per heavy atom. The molecule has 0 atom stereocenters. The van der Waals surface area contributed by atoms with Crippen molar-refractivity contribution in [1.29, 1.82) is 0 Å². The van der Waals surface area contributed by atoms with Gasteiger partial charge >= 0.3 is 0 Å². The molecule has 1 aromatic heterocycles. The number of thioether (sulfide) groups is 1. The van der Waals surface area contributed by atoms with Gasteiger partial charge in [0.2, 0.25) is 0 Å². The van der Waals surface area contributed by atoms with Crippen LogP contribution in [0.4, 0.5) is 0 Å². The molecule has 0 fully saturated rings. The third-order valence-electron chi connectivity index (χ3n) is 2.59. The number of nitrogens with one attached hydrogen (secondary N) is 1. The van der Waals surface area contributed by atoms with Crippen molar-refractivity contribution >= 4 is 50.0 Å². The van der Waals surface area contributed by atoms with E-state index in [1.54, 1.807) is 0 Å². The summed E-state index contributed by atoms with van der Waals surface area (Å²) in [6.45, 7) is 2.82. The minimum Gasteiger partial charge on any atom is -0.300 e. The van der Waals surface area contributed by atoms with Crippen molar-refractivity contribution < 1.29 is 22.6 Å². The van der Waals surface area contributed by atoms with Gasteiger partial charge in [0.25, 0.3) is 10.1 Å². The molecule has 1 rings (SSSR count). The monoisotopic (exact) mass is 394 g/mol. The van der Waals surface area contributed by atoms with Crippen molar-refractivity contribution in [3.05, 3.63) is 11.6 Å². The van der Waals surface area contributed by atoms with Crippen molar-refractivity contribution in [1.82, 2.24) is 14.9 Å². The smallest absolute Gasteiger partial charge is 0.264 e. The van der Waals surface area contributed by atoms with Crippen LogP contribution < -0.4 is 5.43 Å². The first-order chi connectivity index (χ1) is 11.1. The van der Waals surface area contributed by atoms with E-state index >= 15 is 0 Å². The molecule has 2 N–H and O–H groups in total. The zero-order chi connectivity index (χ0) is 18.3. The quantitative estimate of drug-likeness (QED) is 0.344. The fourth-order valence-electron chi connectivity index (χ4n) is 1.69. The molecule has 0 aliphatic rings. The first-order valence-electron chi connectivity index (χ1n) is 6.89. The molecule has 24 heavy (non-hydrogen) atoms. The van der Waals surface area contributed by atoms with Crippen molar-refractivity contribution in [2.24, 2.45) is 0 Å². The zero-order valence-electron chi connectivity index (χ0n) is 13.2. The number of Topliss-reactive ketones (excluding diaryl/α,β-unsaturated/α-hetero) is 2. The number of hydrogen-bond acceptors (Lipinski definition) is 8. The summed E-state index contributed by atoms with van der Waals surface area (Å²) in [6, 6.07) is 0. The van der Waals surface area contributed by atoms with Crippen LogP contribution in [0.15, 0.2) is 0 Å². The third kappa shape index (κ3) is 7.95. The predicted octanol–water partition coefficient (Wildman–Crippen LogP) is 0.381. The lowest BCUT2D eigenvalue weighted by atomic mass is 10.3. The van der Waals surface area contributed by atoms with Crippen molar-refractivity contribution in [3.63, 3.8) is 0 Å². The van der Waals surface area contributed by atoms with E-state index in [4.69, 9.17) is 16.8 Å². The lowest BCUT2D eigenvalue weighted by molar-refractivity contribution is -0.117. The maximum absolute atomic E-state index is 11.3. The molecule has 9 nitrogen and oxygen atoms in total. The lowest BCUT2D eigenvalue weighted by Gasteiger charge is -2.12. The molecule has 1 aromatic rings. The maximum atomic E-state index is 11.3. The number of nitrogens with zero attached hydrogens (tertiary/aromatic N) is 3. The molecule has 0 aromatic carbocycles. The Balaban J connectivity index is 2.72. The van der Waals surface area contributed by atoms with Crippen LogP contribution in [0.2, 0.25) is 0 Å². The van der Waals surface area contributed by atoms with Crippen LogP contribution in [0.25, 0.3) is 0 Å². The van der Waals surface area contributed by atoms with Crippen LogP contribution >= 0.6 is 24.0 Å². The lowest BCUT2D eigenvalue weighted by Crippen LogP contribution is -2.25. The van der Waals surface area contributed by atoms with Gasteiger partial charge in [-0.05, 0) is 20.3 Å². The highest BCUT2D eigenvalue weighted by atomic mass is 32.2. The van der Waals surface area contributed by atoms with Crippen molar-refractivity contribution in [3.8, 4) is 0 Å². The van der Waals surface area contributed by atoms with Crippen molar-refractivity contribution in [2.45, 2.75) is 33.1 Å². The van der Waals surface area contributed by atoms with E-state index in [0.717, 1.165) is 0 Å². The van der Waals surface area contributed by atoms with Crippen LogP contribution in [0.1, 0.15) is 31.9 Å². The van der Waals surface area contributed by atoms with Crippen LogP contribution in [-0.4, -0.2) is 55.2 Å². The van der Waals surface area contributed by atoms with Gasteiger partial charge in [0, 0.05) is 5.75 Å². The van der Waals surface area contributed by atoms with Gasteiger partial charge in [0.15, 0.2) is 16.0 Å². The SMILES string of the molecule is CC(=O)Cc1nnc(CC(C)=O)n1NC(=S)SCCCS(=O)(=O)O. The van der Waals surface area contributed by atoms with E-state index in [9.17, 15) is 18.0 Å². The number of ketones is 2. The molecule has 0 radical (unpaired) electrons. The summed E-state index contributed by atoms with van der Waals surface area (Å²) in [7, 11) is -3.99. The second kappa shape index (κ2) is 9.20. The summed E-state index contributed by atoms with van der Waals surface area (Å²) in [4.78, 5) is 22.6. The predicted molar refractivity (Wildman–Crippen MR) is 94.2 cm³/mol. The molecule has 0 bridgehead atoms. The fourth-order valence-corrected chi connectivity index (χ4v) is 3.35. The molecule has 0 aliphatic carbocycles. The Morgan fingerprint density at radius 3 is 2.12 bits per heavy atom. The molecule has 0 aliphatic heterocycles. The third-order valence-corrected chi connectivity index (χ3v) is 4.69. The van der Waals surface area contributed by atoms with Gasteiger partial charge in [-0.1, -0.05) is 24.0 Å². The van der Waals surface area contributed by atoms with E-state index in [1.807, 2.05) is 0 Å². The normalized spacial score (nSPS) is 11.3. The second-order valence-corrected chi connectivity index (χ2v) is 8.36. The summed E-state index contributed by atoms with van der Waals surface area (Å²) in [5.74, 6) is 0.454. The topological polar surface area (TPSA) is 131 Å².